The number of carbonyl (C=O) groups excluding carboxylic acids is 3. The first-order valence-corrected chi connectivity index (χ1v) is 13.5. The quantitative estimate of drug-likeness (QED) is 0.208. The zero-order valence-electron chi connectivity index (χ0n) is 19.7. The molecule has 0 radical (unpaired) electrons. The van der Waals surface area contributed by atoms with Crippen LogP contribution in [0.25, 0.3) is 6.08 Å². The molecule has 0 aliphatic carbocycles. The van der Waals surface area contributed by atoms with Crippen molar-refractivity contribution in [2.45, 2.75) is 13.5 Å². The highest BCUT2D eigenvalue weighted by molar-refractivity contribution is 14.1. The summed E-state index contributed by atoms with van der Waals surface area (Å²) in [5, 5.41) is 3.02. The fraction of sp³-hybridized carbons (Fsp3) is 0.148. The maximum Gasteiger partial charge on any atom is 0.293 e. The van der Waals surface area contributed by atoms with Gasteiger partial charge in [0.1, 0.15) is 0 Å². The number of nitrogens with one attached hydrogen (secondary N) is 1. The molecule has 0 bridgehead atoms. The highest BCUT2D eigenvalue weighted by atomic mass is 127. The number of carbonyl (C=O) groups is 3. The molecule has 1 aliphatic heterocycles. The van der Waals surface area contributed by atoms with Crippen molar-refractivity contribution in [3.05, 3.63) is 91.4 Å². The second kappa shape index (κ2) is 12.5. The number of imide groups is 1. The van der Waals surface area contributed by atoms with E-state index in [1.165, 1.54) is 4.90 Å². The van der Waals surface area contributed by atoms with E-state index in [9.17, 15) is 14.4 Å². The van der Waals surface area contributed by atoms with Gasteiger partial charge in [0.15, 0.2) is 18.1 Å². The lowest BCUT2D eigenvalue weighted by molar-refractivity contribution is -0.123. The third-order valence-electron chi connectivity index (χ3n) is 5.16. The van der Waals surface area contributed by atoms with E-state index in [2.05, 4.69) is 27.9 Å². The number of amides is 3. The minimum absolute atomic E-state index is 0.165. The molecule has 0 atom stereocenters. The molecule has 37 heavy (non-hydrogen) atoms. The van der Waals surface area contributed by atoms with Gasteiger partial charge in [0.05, 0.1) is 21.6 Å². The lowest BCUT2D eigenvalue weighted by Gasteiger charge is -2.15. The van der Waals surface area contributed by atoms with Crippen molar-refractivity contribution < 1.29 is 23.9 Å². The Kier molecular flexibility index (Phi) is 9.12. The Hall–Kier alpha value is -3.02. The fourth-order valence-electron chi connectivity index (χ4n) is 3.49. The maximum absolute atomic E-state index is 13.0. The Morgan fingerprint density at radius 2 is 1.81 bits per heavy atom. The van der Waals surface area contributed by atoms with E-state index in [4.69, 9.17) is 21.1 Å². The lowest BCUT2D eigenvalue weighted by Crippen LogP contribution is -2.27. The average Bonchev–Trinajstić information content (AvgIpc) is 3.13. The van der Waals surface area contributed by atoms with E-state index < -0.39 is 0 Å². The number of rotatable bonds is 9. The van der Waals surface area contributed by atoms with Gasteiger partial charge in [-0.25, -0.2) is 0 Å². The van der Waals surface area contributed by atoms with E-state index in [-0.39, 0.29) is 30.2 Å². The molecule has 3 aromatic carbocycles. The Labute approximate surface area is 237 Å². The van der Waals surface area contributed by atoms with E-state index in [1.807, 2.05) is 25.1 Å². The molecule has 1 saturated heterocycles. The smallest absolute Gasteiger partial charge is 0.293 e. The number of thioether (sulfide) groups is 1. The van der Waals surface area contributed by atoms with Crippen LogP contribution < -0.4 is 14.8 Å². The Bertz CT molecular complexity index is 1350. The van der Waals surface area contributed by atoms with Gasteiger partial charge in [0.25, 0.3) is 17.1 Å². The number of hydrogen-bond acceptors (Lipinski definition) is 6. The minimum atomic E-state index is -0.365. The van der Waals surface area contributed by atoms with Crippen LogP contribution in [0, 0.1) is 3.57 Å². The molecule has 4 rings (SSSR count). The molecule has 3 aromatic rings. The molecule has 1 heterocycles. The summed E-state index contributed by atoms with van der Waals surface area (Å²) >= 11 is 8.91. The summed E-state index contributed by atoms with van der Waals surface area (Å²) in [5.74, 6) is 0.200. The van der Waals surface area contributed by atoms with Gasteiger partial charge >= 0.3 is 0 Å². The summed E-state index contributed by atoms with van der Waals surface area (Å²) in [6, 6.07) is 19.6. The van der Waals surface area contributed by atoms with Crippen molar-refractivity contribution in [3.8, 4) is 11.5 Å². The molecule has 0 saturated carbocycles. The molecule has 1 fully saturated rings. The minimum Gasteiger partial charge on any atom is -0.490 e. The van der Waals surface area contributed by atoms with E-state index >= 15 is 0 Å². The molecule has 0 aromatic heterocycles. The van der Waals surface area contributed by atoms with Gasteiger partial charge in [-0.05, 0) is 94.9 Å². The molecule has 7 nitrogen and oxygen atoms in total. The highest BCUT2D eigenvalue weighted by Gasteiger charge is 2.35. The number of anilines is 1. The SMILES string of the molecule is CCOc1cc(/C=C2/SC(=O)N(Cc3ccc(Cl)cc3)C2=O)cc(I)c1OCC(=O)Nc1ccccc1. The third-order valence-corrected chi connectivity index (χ3v) is 7.12. The average molecular weight is 649 g/mol. The zero-order chi connectivity index (χ0) is 26.4. The van der Waals surface area contributed by atoms with Gasteiger partial charge in [-0.1, -0.05) is 41.9 Å². The summed E-state index contributed by atoms with van der Waals surface area (Å²) in [5.41, 5.74) is 2.15. The van der Waals surface area contributed by atoms with Crippen LogP contribution in [0.1, 0.15) is 18.1 Å². The molecular weight excluding hydrogens is 627 g/mol. The molecule has 0 unspecified atom stereocenters. The van der Waals surface area contributed by atoms with Gasteiger partial charge < -0.3 is 14.8 Å². The van der Waals surface area contributed by atoms with E-state index in [0.29, 0.717) is 42.9 Å². The monoisotopic (exact) mass is 648 g/mol. The van der Waals surface area contributed by atoms with Crippen molar-refractivity contribution in [1.29, 1.82) is 0 Å². The normalized spacial score (nSPS) is 14.2. The topological polar surface area (TPSA) is 84.9 Å². The lowest BCUT2D eigenvalue weighted by atomic mass is 10.1. The van der Waals surface area contributed by atoms with Crippen LogP contribution in [0.2, 0.25) is 5.02 Å². The number of hydrogen-bond donors (Lipinski definition) is 1. The first kappa shape index (κ1) is 27.0. The van der Waals surface area contributed by atoms with Crippen molar-refractivity contribution in [1.82, 2.24) is 4.90 Å². The molecule has 190 valence electrons. The van der Waals surface area contributed by atoms with Crippen LogP contribution >= 0.6 is 46.0 Å². The van der Waals surface area contributed by atoms with Crippen LogP contribution in [0.4, 0.5) is 10.5 Å². The van der Waals surface area contributed by atoms with Crippen LogP contribution in [0.15, 0.2) is 71.6 Å². The predicted molar refractivity (Wildman–Crippen MR) is 154 cm³/mol. The van der Waals surface area contributed by atoms with Crippen LogP contribution in [-0.4, -0.2) is 35.2 Å². The molecule has 1 aliphatic rings. The fourth-order valence-corrected chi connectivity index (χ4v) is 5.24. The summed E-state index contributed by atoms with van der Waals surface area (Å²) in [6.07, 6.45) is 1.66. The maximum atomic E-state index is 13.0. The number of ether oxygens (including phenoxy) is 2. The Morgan fingerprint density at radius 3 is 2.51 bits per heavy atom. The summed E-state index contributed by atoms with van der Waals surface area (Å²) in [7, 11) is 0. The Balaban J connectivity index is 1.49. The van der Waals surface area contributed by atoms with Gasteiger partial charge in [0.2, 0.25) is 0 Å². The third kappa shape index (κ3) is 7.06. The van der Waals surface area contributed by atoms with Gasteiger partial charge in [0, 0.05) is 10.7 Å². The predicted octanol–water partition coefficient (Wildman–Crippen LogP) is 6.60. The molecule has 0 spiro atoms. The van der Waals surface area contributed by atoms with Gasteiger partial charge in [-0.3, -0.25) is 19.3 Å². The summed E-state index contributed by atoms with van der Waals surface area (Å²) in [6.45, 7) is 2.18. The largest absolute Gasteiger partial charge is 0.490 e. The first-order valence-electron chi connectivity index (χ1n) is 11.3. The van der Waals surface area contributed by atoms with Crippen LogP contribution in [-0.2, 0) is 16.1 Å². The van der Waals surface area contributed by atoms with E-state index in [1.54, 1.807) is 54.6 Å². The molecule has 1 N–H and O–H groups in total. The number of benzene rings is 3. The van der Waals surface area contributed by atoms with E-state index in [0.717, 1.165) is 17.3 Å². The van der Waals surface area contributed by atoms with Crippen LogP contribution in [0.5, 0.6) is 11.5 Å². The van der Waals surface area contributed by atoms with Crippen LogP contribution in [0.3, 0.4) is 0 Å². The second-order valence-electron chi connectivity index (χ2n) is 7.86. The van der Waals surface area contributed by atoms with Crippen molar-refractivity contribution >= 4 is 74.8 Å². The zero-order valence-corrected chi connectivity index (χ0v) is 23.4. The number of halogens is 2. The first-order chi connectivity index (χ1) is 17.8. The summed E-state index contributed by atoms with van der Waals surface area (Å²) in [4.78, 5) is 39.4. The highest BCUT2D eigenvalue weighted by Crippen LogP contribution is 2.38. The van der Waals surface area contributed by atoms with Gasteiger partial charge in [-0.2, -0.15) is 0 Å². The Morgan fingerprint density at radius 1 is 1.08 bits per heavy atom. The summed E-state index contributed by atoms with van der Waals surface area (Å²) < 4.78 is 12.3. The van der Waals surface area contributed by atoms with Gasteiger partial charge in [-0.15, -0.1) is 0 Å². The standard InChI is InChI=1S/C27H22ClIN2O5S/c1-2-35-22-13-18(12-21(29)25(22)36-16-24(32)30-20-6-4-3-5-7-20)14-23-26(33)31(27(34)37-23)15-17-8-10-19(28)11-9-17/h3-14H,2,15-16H2,1H3,(H,30,32)/b23-14+. The second-order valence-corrected chi connectivity index (χ2v) is 10.5. The number of nitrogens with zero attached hydrogens (tertiary/aromatic N) is 1. The van der Waals surface area contributed by atoms with Crippen molar-refractivity contribution in [3.63, 3.8) is 0 Å². The molecule has 3 amide bonds. The molecular formula is C27H22ClIN2O5S. The van der Waals surface area contributed by atoms with Crippen molar-refractivity contribution in [2.24, 2.45) is 0 Å². The van der Waals surface area contributed by atoms with Crippen molar-refractivity contribution in [2.75, 3.05) is 18.5 Å². The number of para-hydroxylation sites is 1. The molecule has 10 heteroatoms.